The Morgan fingerprint density at radius 1 is 1.38 bits per heavy atom. The van der Waals surface area contributed by atoms with Crippen molar-refractivity contribution in [1.82, 2.24) is 0 Å². The fourth-order valence-corrected chi connectivity index (χ4v) is 1.32. The standard InChI is InChI=1S/C8H9Br3O2/c9-8(10,11)7(12)13-6-4-2-1-3-5-6/h4H,1-3,5H2. The van der Waals surface area contributed by atoms with E-state index in [-0.39, 0.29) is 5.97 Å². The highest BCUT2D eigenvalue weighted by molar-refractivity contribution is 9.40. The molecular formula is C8H9Br3O2. The Balaban J connectivity index is 2.49. The molecule has 1 aliphatic carbocycles. The Labute approximate surface area is 102 Å². The van der Waals surface area contributed by atoms with Gasteiger partial charge in [0, 0.05) is 6.42 Å². The zero-order valence-electron chi connectivity index (χ0n) is 6.86. The molecule has 0 saturated heterocycles. The molecule has 0 fully saturated rings. The second-order valence-electron chi connectivity index (χ2n) is 2.80. The number of halogens is 3. The largest absolute Gasteiger partial charge is 0.429 e. The van der Waals surface area contributed by atoms with Gasteiger partial charge in [-0.2, -0.15) is 0 Å². The number of carbonyl (C=O) groups excluding carboxylic acids is 1. The van der Waals surface area contributed by atoms with Crippen molar-refractivity contribution in [2.24, 2.45) is 0 Å². The Kier molecular flexibility index (Phi) is 4.45. The number of hydrogen-bond acceptors (Lipinski definition) is 2. The first-order valence-corrected chi connectivity index (χ1v) is 6.36. The second-order valence-corrected chi connectivity index (χ2v) is 9.56. The van der Waals surface area contributed by atoms with Gasteiger partial charge in [-0.3, -0.25) is 0 Å². The molecule has 0 atom stereocenters. The van der Waals surface area contributed by atoms with Gasteiger partial charge in [-0.1, -0.05) is 0 Å². The summed E-state index contributed by atoms with van der Waals surface area (Å²) in [5.74, 6) is 0.402. The molecule has 0 bridgehead atoms. The van der Waals surface area contributed by atoms with Crippen molar-refractivity contribution in [3.05, 3.63) is 11.8 Å². The molecule has 0 radical (unpaired) electrons. The SMILES string of the molecule is O=C(OC1=CCCCC1)C(Br)(Br)Br. The first-order chi connectivity index (χ1) is 6.00. The summed E-state index contributed by atoms with van der Waals surface area (Å²) in [6.07, 6.45) is 6.11. The monoisotopic (exact) mass is 374 g/mol. The van der Waals surface area contributed by atoms with Crippen LogP contribution in [0.5, 0.6) is 0 Å². The zero-order chi connectivity index (χ0) is 9.90. The predicted molar refractivity (Wildman–Crippen MR) is 62.2 cm³/mol. The van der Waals surface area contributed by atoms with Crippen LogP contribution in [0.1, 0.15) is 25.7 Å². The Morgan fingerprint density at radius 3 is 2.54 bits per heavy atom. The average Bonchev–Trinajstić information content (AvgIpc) is 2.04. The van der Waals surface area contributed by atoms with Crippen LogP contribution in [0, 0.1) is 0 Å². The van der Waals surface area contributed by atoms with Gasteiger partial charge in [0.2, 0.25) is 2.14 Å². The third kappa shape index (κ3) is 4.13. The summed E-state index contributed by atoms with van der Waals surface area (Å²) in [6, 6.07) is 0. The molecule has 5 heteroatoms. The Morgan fingerprint density at radius 2 is 2.08 bits per heavy atom. The number of hydrogen-bond donors (Lipinski definition) is 0. The van der Waals surface area contributed by atoms with E-state index in [2.05, 4.69) is 47.8 Å². The highest BCUT2D eigenvalue weighted by Gasteiger charge is 2.31. The zero-order valence-corrected chi connectivity index (χ0v) is 11.6. The molecule has 13 heavy (non-hydrogen) atoms. The van der Waals surface area contributed by atoms with Gasteiger partial charge in [-0.25, -0.2) is 4.79 Å². The molecule has 0 aromatic heterocycles. The van der Waals surface area contributed by atoms with Crippen LogP contribution >= 0.6 is 47.8 Å². The first kappa shape index (κ1) is 11.7. The first-order valence-electron chi connectivity index (χ1n) is 3.98. The van der Waals surface area contributed by atoms with Crippen molar-refractivity contribution in [2.45, 2.75) is 27.8 Å². The summed E-state index contributed by atoms with van der Waals surface area (Å²) >= 11 is 9.31. The molecule has 0 heterocycles. The molecule has 0 unspecified atom stereocenters. The maximum Gasteiger partial charge on any atom is 0.350 e. The average molecular weight is 377 g/mol. The molecule has 0 spiro atoms. The third-order valence-corrected chi connectivity index (χ3v) is 2.68. The van der Waals surface area contributed by atoms with Crippen LogP contribution in [0.3, 0.4) is 0 Å². The summed E-state index contributed by atoms with van der Waals surface area (Å²) in [4.78, 5) is 11.3. The van der Waals surface area contributed by atoms with E-state index in [9.17, 15) is 4.79 Å². The minimum Gasteiger partial charge on any atom is -0.429 e. The number of allylic oxidation sites excluding steroid dienone is 2. The predicted octanol–water partition coefficient (Wildman–Crippen LogP) is 3.83. The van der Waals surface area contributed by atoms with Crippen molar-refractivity contribution >= 4 is 53.8 Å². The topological polar surface area (TPSA) is 26.3 Å². The van der Waals surface area contributed by atoms with Crippen LogP contribution < -0.4 is 0 Å². The molecule has 74 valence electrons. The number of esters is 1. The van der Waals surface area contributed by atoms with Gasteiger partial charge in [0.1, 0.15) is 5.76 Å². The molecular weight excluding hydrogens is 368 g/mol. The maximum atomic E-state index is 11.3. The summed E-state index contributed by atoms with van der Waals surface area (Å²) in [5, 5.41) is 0. The fraction of sp³-hybridized carbons (Fsp3) is 0.625. The van der Waals surface area contributed by atoms with Crippen LogP contribution in [-0.2, 0) is 9.53 Å². The molecule has 0 aliphatic heterocycles. The van der Waals surface area contributed by atoms with Crippen LogP contribution in [0.15, 0.2) is 11.8 Å². The van der Waals surface area contributed by atoms with E-state index in [0.717, 1.165) is 25.0 Å². The highest BCUT2D eigenvalue weighted by Crippen LogP contribution is 2.36. The molecule has 0 aromatic carbocycles. The normalized spacial score (nSPS) is 17.9. The van der Waals surface area contributed by atoms with Crippen molar-refractivity contribution in [2.75, 3.05) is 0 Å². The summed E-state index contributed by atoms with van der Waals surface area (Å²) in [7, 11) is 0. The van der Waals surface area contributed by atoms with Crippen LogP contribution in [0.2, 0.25) is 0 Å². The molecule has 0 aromatic rings. The van der Waals surface area contributed by atoms with Crippen LogP contribution in [0.25, 0.3) is 0 Å². The lowest BCUT2D eigenvalue weighted by atomic mass is 10.1. The molecule has 0 amide bonds. The quantitative estimate of drug-likeness (QED) is 0.513. The van der Waals surface area contributed by atoms with Crippen molar-refractivity contribution < 1.29 is 9.53 Å². The molecule has 0 saturated carbocycles. The van der Waals surface area contributed by atoms with Gasteiger partial charge in [0.25, 0.3) is 0 Å². The summed E-state index contributed by atoms with van der Waals surface area (Å²) < 4.78 is 4.18. The van der Waals surface area contributed by atoms with Crippen molar-refractivity contribution in [3.63, 3.8) is 0 Å². The maximum absolute atomic E-state index is 11.3. The van der Waals surface area contributed by atoms with Crippen molar-refractivity contribution in [1.29, 1.82) is 0 Å². The second kappa shape index (κ2) is 4.94. The van der Waals surface area contributed by atoms with Gasteiger partial charge in [0.05, 0.1) is 0 Å². The number of ether oxygens (including phenoxy) is 1. The van der Waals surface area contributed by atoms with Crippen LogP contribution in [-0.4, -0.2) is 8.11 Å². The Bertz CT molecular complexity index is 230. The lowest BCUT2D eigenvalue weighted by Gasteiger charge is -2.16. The lowest BCUT2D eigenvalue weighted by Crippen LogP contribution is -2.20. The minimum atomic E-state index is -0.953. The van der Waals surface area contributed by atoms with E-state index in [0.29, 0.717) is 0 Å². The third-order valence-electron chi connectivity index (χ3n) is 1.70. The number of carbonyl (C=O) groups is 1. The Hall–Kier alpha value is 0.650. The summed E-state index contributed by atoms with van der Waals surface area (Å²) in [6.45, 7) is 0. The number of rotatable bonds is 1. The molecule has 0 N–H and O–H groups in total. The summed E-state index contributed by atoms with van der Waals surface area (Å²) in [5.41, 5.74) is 0. The van der Waals surface area contributed by atoms with E-state index in [1.54, 1.807) is 0 Å². The fourth-order valence-electron chi connectivity index (χ4n) is 1.08. The van der Waals surface area contributed by atoms with E-state index in [1.165, 1.54) is 6.42 Å². The number of alkyl halides is 3. The minimum absolute atomic E-state index is 0.374. The van der Waals surface area contributed by atoms with Gasteiger partial charge in [-0.15, -0.1) is 0 Å². The molecule has 2 nitrogen and oxygen atoms in total. The lowest BCUT2D eigenvalue weighted by molar-refractivity contribution is -0.137. The van der Waals surface area contributed by atoms with E-state index < -0.39 is 2.14 Å². The molecule has 1 rings (SSSR count). The van der Waals surface area contributed by atoms with E-state index in [1.807, 2.05) is 6.08 Å². The highest BCUT2D eigenvalue weighted by atomic mass is 80.0. The van der Waals surface area contributed by atoms with Gasteiger partial charge < -0.3 is 4.74 Å². The van der Waals surface area contributed by atoms with Crippen molar-refractivity contribution in [3.8, 4) is 0 Å². The van der Waals surface area contributed by atoms with Gasteiger partial charge in [0.15, 0.2) is 0 Å². The van der Waals surface area contributed by atoms with E-state index in [4.69, 9.17) is 4.74 Å². The molecule has 1 aliphatic rings. The smallest absolute Gasteiger partial charge is 0.350 e. The van der Waals surface area contributed by atoms with Gasteiger partial charge in [-0.05, 0) is 73.1 Å². The van der Waals surface area contributed by atoms with Crippen LogP contribution in [0.4, 0.5) is 0 Å². The van der Waals surface area contributed by atoms with E-state index >= 15 is 0 Å². The van der Waals surface area contributed by atoms with Gasteiger partial charge >= 0.3 is 5.97 Å².